The molecule has 1 fully saturated rings. The topological polar surface area (TPSA) is 57.0 Å². The van der Waals surface area contributed by atoms with Crippen LogP contribution in [0.5, 0.6) is 0 Å². The van der Waals surface area contributed by atoms with Gasteiger partial charge in [0.1, 0.15) is 6.04 Å². The Morgan fingerprint density at radius 2 is 1.67 bits per heavy atom. The number of furan rings is 1. The zero-order valence-electron chi connectivity index (χ0n) is 19.6. The summed E-state index contributed by atoms with van der Waals surface area (Å²) in [5, 5.41) is 0. The van der Waals surface area contributed by atoms with Gasteiger partial charge in [-0.25, -0.2) is 0 Å². The van der Waals surface area contributed by atoms with Gasteiger partial charge < -0.3 is 14.2 Å². The molecular weight excluding hydrogens is 471 g/mol. The van der Waals surface area contributed by atoms with Gasteiger partial charge in [0.05, 0.1) is 11.8 Å². The average Bonchev–Trinajstić information content (AvgIpc) is 3.42. The molecule has 1 atom stereocenters. The second-order valence-electron chi connectivity index (χ2n) is 9.20. The molecule has 0 radical (unpaired) electrons. The summed E-state index contributed by atoms with van der Waals surface area (Å²) in [7, 11) is 0. The summed E-state index contributed by atoms with van der Waals surface area (Å²) in [5.41, 5.74) is 1.98. The zero-order valence-corrected chi connectivity index (χ0v) is 19.6. The Bertz CT molecular complexity index is 1230. The van der Waals surface area contributed by atoms with E-state index in [4.69, 9.17) is 4.42 Å². The quantitative estimate of drug-likeness (QED) is 0.542. The van der Waals surface area contributed by atoms with Crippen molar-refractivity contribution in [2.24, 2.45) is 0 Å². The summed E-state index contributed by atoms with van der Waals surface area (Å²) in [4.78, 5) is 32.2. The molecule has 1 aromatic heterocycles. The molecular formula is C27H26F3N3O3. The Hall–Kier alpha value is -3.59. The van der Waals surface area contributed by atoms with Crippen molar-refractivity contribution in [2.75, 3.05) is 26.2 Å². The van der Waals surface area contributed by atoms with E-state index in [1.807, 2.05) is 29.2 Å². The van der Waals surface area contributed by atoms with Crippen molar-refractivity contribution >= 4 is 11.8 Å². The lowest BCUT2D eigenvalue weighted by molar-refractivity contribution is -0.139. The zero-order chi connectivity index (χ0) is 25.3. The van der Waals surface area contributed by atoms with Crippen LogP contribution in [-0.2, 0) is 30.5 Å². The number of rotatable bonds is 4. The maximum absolute atomic E-state index is 13.6. The first-order valence-electron chi connectivity index (χ1n) is 11.9. The number of nitrogens with zero attached hydrogens (tertiary/aromatic N) is 3. The summed E-state index contributed by atoms with van der Waals surface area (Å²) < 4.78 is 44.4. The normalized spacial score (nSPS) is 18.7. The predicted molar refractivity (Wildman–Crippen MR) is 126 cm³/mol. The van der Waals surface area contributed by atoms with Crippen molar-refractivity contribution < 1.29 is 27.2 Å². The maximum Gasteiger partial charge on any atom is 0.416 e. The smallest absolute Gasteiger partial charge is 0.416 e. The van der Waals surface area contributed by atoms with E-state index in [9.17, 15) is 22.8 Å². The molecule has 1 saturated heterocycles. The number of halogens is 3. The Labute approximate surface area is 206 Å². The molecule has 188 valence electrons. The molecule has 0 bridgehead atoms. The maximum atomic E-state index is 13.6. The Morgan fingerprint density at radius 1 is 0.917 bits per heavy atom. The minimum Gasteiger partial charge on any atom is -0.459 e. The van der Waals surface area contributed by atoms with E-state index in [2.05, 4.69) is 0 Å². The molecule has 2 aromatic carbocycles. The predicted octanol–water partition coefficient (Wildman–Crippen LogP) is 4.21. The molecule has 6 nitrogen and oxygen atoms in total. The Kier molecular flexibility index (Phi) is 6.57. The van der Waals surface area contributed by atoms with Gasteiger partial charge in [-0.15, -0.1) is 0 Å². The lowest BCUT2D eigenvalue weighted by Crippen LogP contribution is -2.57. The largest absolute Gasteiger partial charge is 0.459 e. The molecule has 2 amide bonds. The van der Waals surface area contributed by atoms with Crippen molar-refractivity contribution in [1.82, 2.24) is 14.7 Å². The lowest BCUT2D eigenvalue weighted by Gasteiger charge is -2.41. The molecule has 0 spiro atoms. The molecule has 2 aliphatic heterocycles. The number of hydrogen-bond donors (Lipinski definition) is 0. The third kappa shape index (κ3) is 5.02. The van der Waals surface area contributed by atoms with Gasteiger partial charge in [0.25, 0.3) is 5.91 Å². The summed E-state index contributed by atoms with van der Waals surface area (Å²) in [5.74, 6) is -0.253. The first kappa shape index (κ1) is 24.1. The number of amides is 2. The molecule has 1 unspecified atom stereocenters. The molecule has 3 heterocycles. The number of piperazine rings is 1. The molecule has 0 saturated carbocycles. The Balaban J connectivity index is 1.27. The first-order chi connectivity index (χ1) is 17.3. The van der Waals surface area contributed by atoms with Crippen LogP contribution >= 0.6 is 0 Å². The van der Waals surface area contributed by atoms with Gasteiger partial charge in [-0.2, -0.15) is 13.2 Å². The highest BCUT2D eigenvalue weighted by Gasteiger charge is 2.38. The second kappa shape index (κ2) is 9.81. The fourth-order valence-electron chi connectivity index (χ4n) is 4.94. The highest BCUT2D eigenvalue weighted by molar-refractivity contribution is 5.96. The minimum absolute atomic E-state index is 0.122. The van der Waals surface area contributed by atoms with E-state index in [0.29, 0.717) is 51.3 Å². The fraction of sp³-hybridized carbons (Fsp3) is 0.333. The number of alkyl halides is 3. The molecule has 3 aromatic rings. The van der Waals surface area contributed by atoms with Crippen molar-refractivity contribution in [3.63, 3.8) is 0 Å². The monoisotopic (exact) mass is 497 g/mol. The van der Waals surface area contributed by atoms with E-state index >= 15 is 0 Å². The summed E-state index contributed by atoms with van der Waals surface area (Å²) in [6, 6.07) is 15.7. The van der Waals surface area contributed by atoms with E-state index in [0.717, 1.165) is 17.2 Å². The van der Waals surface area contributed by atoms with Gasteiger partial charge in [-0.1, -0.05) is 42.5 Å². The van der Waals surface area contributed by atoms with Crippen molar-refractivity contribution in [3.05, 3.63) is 94.9 Å². The number of hydrogen-bond acceptors (Lipinski definition) is 4. The van der Waals surface area contributed by atoms with Crippen LogP contribution < -0.4 is 0 Å². The van der Waals surface area contributed by atoms with Gasteiger partial charge in [0.15, 0.2) is 5.76 Å². The first-order valence-corrected chi connectivity index (χ1v) is 11.9. The van der Waals surface area contributed by atoms with E-state index in [1.54, 1.807) is 28.0 Å². The molecule has 5 rings (SSSR count). The van der Waals surface area contributed by atoms with Crippen LogP contribution in [0.15, 0.2) is 71.3 Å². The van der Waals surface area contributed by atoms with Gasteiger partial charge in [-0.05, 0) is 34.9 Å². The highest BCUT2D eigenvalue weighted by Crippen LogP contribution is 2.30. The molecule has 36 heavy (non-hydrogen) atoms. The third-order valence-electron chi connectivity index (χ3n) is 6.87. The van der Waals surface area contributed by atoms with Gasteiger partial charge in [0.2, 0.25) is 5.91 Å². The van der Waals surface area contributed by atoms with Crippen LogP contribution in [0.1, 0.15) is 32.8 Å². The molecule has 9 heteroatoms. The second-order valence-corrected chi connectivity index (χ2v) is 9.20. The van der Waals surface area contributed by atoms with Crippen LogP contribution in [0, 0.1) is 0 Å². The average molecular weight is 498 g/mol. The number of fused-ring (bicyclic) bond motifs is 1. The van der Waals surface area contributed by atoms with Gasteiger partial charge >= 0.3 is 6.18 Å². The minimum atomic E-state index is -4.38. The standard InChI is InChI=1S/C27H26F3N3O3/c28-27(29,30)22-8-3-5-19(15-22)17-31-10-12-32(13-11-31)25(34)23-16-20-6-1-2-7-21(20)18-33(23)26(35)24-9-4-14-36-24/h1-9,14-15,23H,10-13,16-18H2. The van der Waals surface area contributed by atoms with Crippen LogP contribution in [0.3, 0.4) is 0 Å². The van der Waals surface area contributed by atoms with Crippen molar-refractivity contribution in [3.8, 4) is 0 Å². The number of benzene rings is 2. The van der Waals surface area contributed by atoms with Crippen molar-refractivity contribution in [2.45, 2.75) is 31.7 Å². The number of carbonyl (C=O) groups is 2. The number of carbonyl (C=O) groups excluding carboxylic acids is 2. The van der Waals surface area contributed by atoms with Gasteiger partial charge in [0, 0.05) is 45.7 Å². The van der Waals surface area contributed by atoms with E-state index < -0.39 is 17.8 Å². The van der Waals surface area contributed by atoms with Gasteiger partial charge in [-0.3, -0.25) is 14.5 Å². The summed E-state index contributed by atoms with van der Waals surface area (Å²) >= 11 is 0. The third-order valence-corrected chi connectivity index (χ3v) is 6.87. The summed E-state index contributed by atoms with van der Waals surface area (Å²) in [6.45, 7) is 2.67. The van der Waals surface area contributed by atoms with E-state index in [-0.39, 0.29) is 17.6 Å². The van der Waals surface area contributed by atoms with Crippen LogP contribution in [0.4, 0.5) is 13.2 Å². The van der Waals surface area contributed by atoms with E-state index in [1.165, 1.54) is 18.4 Å². The molecule has 0 N–H and O–H groups in total. The SMILES string of the molecule is O=C(C1Cc2ccccc2CN1C(=O)c1ccco1)N1CCN(Cc2cccc(C(F)(F)F)c2)CC1. The van der Waals surface area contributed by atoms with Crippen LogP contribution in [0.25, 0.3) is 0 Å². The Morgan fingerprint density at radius 3 is 2.36 bits per heavy atom. The molecule has 0 aliphatic carbocycles. The highest BCUT2D eigenvalue weighted by atomic mass is 19.4. The summed E-state index contributed by atoms with van der Waals surface area (Å²) in [6.07, 6.45) is -2.52. The van der Waals surface area contributed by atoms with Crippen molar-refractivity contribution in [1.29, 1.82) is 0 Å². The fourth-order valence-corrected chi connectivity index (χ4v) is 4.94. The lowest BCUT2D eigenvalue weighted by atomic mass is 9.92. The van der Waals surface area contributed by atoms with Crippen LogP contribution in [-0.4, -0.2) is 58.7 Å². The van der Waals surface area contributed by atoms with Crippen LogP contribution in [0.2, 0.25) is 0 Å². The molecule has 2 aliphatic rings.